The number of nitrogens with zero attached hydrogens (tertiary/aromatic N) is 3. The van der Waals surface area contributed by atoms with Crippen molar-refractivity contribution < 1.29 is 31.1 Å². The van der Waals surface area contributed by atoms with Gasteiger partial charge in [-0.3, -0.25) is 14.6 Å². The lowest BCUT2D eigenvalue weighted by Gasteiger charge is -2.16. The fourth-order valence-corrected chi connectivity index (χ4v) is 3.56. The van der Waals surface area contributed by atoms with Gasteiger partial charge in [0.05, 0.1) is 21.5 Å². The number of alkyl halides is 6. The van der Waals surface area contributed by atoms with E-state index in [2.05, 4.69) is 36.5 Å². The zero-order valence-electron chi connectivity index (χ0n) is 14.5. The van der Waals surface area contributed by atoms with Crippen molar-refractivity contribution >= 4 is 27.5 Å². The van der Waals surface area contributed by atoms with E-state index < -0.39 is 41.4 Å². The van der Waals surface area contributed by atoms with E-state index in [9.17, 15) is 31.1 Å². The second-order valence-electron chi connectivity index (χ2n) is 6.50. The lowest BCUT2D eigenvalue weighted by Crippen LogP contribution is -2.27. The number of nitrogens with one attached hydrogen (secondary N) is 2. The Morgan fingerprint density at radius 2 is 1.79 bits per heavy atom. The molecule has 154 valence electrons. The van der Waals surface area contributed by atoms with Crippen LogP contribution in [0.2, 0.25) is 0 Å². The Balaban J connectivity index is 1.94. The van der Waals surface area contributed by atoms with Gasteiger partial charge in [-0.05, 0) is 42.6 Å². The summed E-state index contributed by atoms with van der Waals surface area (Å²) in [6.07, 6.45) is -8.29. The molecule has 1 aliphatic rings. The summed E-state index contributed by atoms with van der Waals surface area (Å²) in [5, 5.41) is 10.9. The third-order valence-electron chi connectivity index (χ3n) is 4.33. The zero-order valence-corrected chi connectivity index (χ0v) is 16.1. The number of aromatic nitrogens is 4. The van der Waals surface area contributed by atoms with Gasteiger partial charge in [0.2, 0.25) is 5.91 Å². The molecule has 1 fully saturated rings. The molecule has 28 heavy (non-hydrogen) atoms. The molecule has 0 aromatic carbocycles. The van der Waals surface area contributed by atoms with Crippen LogP contribution in [0.15, 0.2) is 4.47 Å². The molecule has 0 bridgehead atoms. The predicted molar refractivity (Wildman–Crippen MR) is 88.6 cm³/mol. The van der Waals surface area contributed by atoms with Crippen molar-refractivity contribution in [1.82, 2.24) is 20.0 Å². The normalized spacial score (nSPS) is 16.3. The fraction of sp³-hybridized carbons (Fsp3) is 0.533. The van der Waals surface area contributed by atoms with E-state index in [4.69, 9.17) is 0 Å². The van der Waals surface area contributed by atoms with Gasteiger partial charge >= 0.3 is 12.4 Å². The molecule has 0 aliphatic heterocycles. The average Bonchev–Trinajstić information content (AvgIpc) is 3.23. The Hall–Kier alpha value is -2.05. The number of H-pyrrole nitrogens is 1. The Morgan fingerprint density at radius 3 is 2.29 bits per heavy atom. The number of carbonyl (C=O) groups is 1. The van der Waals surface area contributed by atoms with Crippen LogP contribution in [0.4, 0.5) is 32.0 Å². The first-order valence-corrected chi connectivity index (χ1v) is 8.89. The van der Waals surface area contributed by atoms with Gasteiger partial charge in [0.25, 0.3) is 0 Å². The van der Waals surface area contributed by atoms with Gasteiger partial charge in [-0.15, -0.1) is 0 Å². The molecule has 2 heterocycles. The van der Waals surface area contributed by atoms with E-state index in [1.54, 1.807) is 0 Å². The Morgan fingerprint density at radius 1 is 1.21 bits per heavy atom. The number of halogens is 7. The number of aryl methyl sites for hydroxylation is 1. The fourth-order valence-electron chi connectivity index (χ4n) is 2.75. The van der Waals surface area contributed by atoms with Crippen LogP contribution >= 0.6 is 15.9 Å². The minimum absolute atomic E-state index is 0.0343. The van der Waals surface area contributed by atoms with Gasteiger partial charge in [0, 0.05) is 5.92 Å². The largest absolute Gasteiger partial charge is 0.437 e. The van der Waals surface area contributed by atoms with E-state index in [0.29, 0.717) is 12.8 Å². The second kappa shape index (κ2) is 6.78. The van der Waals surface area contributed by atoms with Crippen molar-refractivity contribution in [2.75, 3.05) is 5.32 Å². The Kier molecular flexibility index (Phi) is 5.01. The van der Waals surface area contributed by atoms with E-state index in [-0.39, 0.29) is 21.8 Å². The lowest BCUT2D eigenvalue weighted by atomic mass is 10.2. The standard InChI is InChI=1S/C15H14BrF6N5O/c1-5-9(12(25-24-5)15(20,21)22)23-13(28)6(2)27-10(7-3-4-7)8(16)11(26-27)14(17,18)19/h6-7H,3-4H2,1-2H3,(H,23,28)(H,24,25). The van der Waals surface area contributed by atoms with Gasteiger partial charge in [-0.25, -0.2) is 0 Å². The van der Waals surface area contributed by atoms with Gasteiger partial charge in [0.1, 0.15) is 6.04 Å². The lowest BCUT2D eigenvalue weighted by molar-refractivity contribution is -0.142. The van der Waals surface area contributed by atoms with E-state index >= 15 is 0 Å². The van der Waals surface area contributed by atoms with Gasteiger partial charge in [-0.2, -0.15) is 36.5 Å². The molecule has 1 aliphatic carbocycles. The number of carbonyl (C=O) groups excluding carboxylic acids is 1. The first-order valence-electron chi connectivity index (χ1n) is 8.10. The molecule has 0 radical (unpaired) electrons. The molecule has 2 N–H and O–H groups in total. The van der Waals surface area contributed by atoms with Crippen LogP contribution < -0.4 is 5.32 Å². The predicted octanol–water partition coefficient (Wildman–Crippen LogP) is 4.79. The molecule has 2 aromatic rings. The number of rotatable bonds is 4. The van der Waals surface area contributed by atoms with Gasteiger partial charge < -0.3 is 5.32 Å². The summed E-state index contributed by atoms with van der Waals surface area (Å²) >= 11 is 2.91. The van der Waals surface area contributed by atoms with Crippen molar-refractivity contribution in [3.63, 3.8) is 0 Å². The monoisotopic (exact) mass is 473 g/mol. The smallest absolute Gasteiger partial charge is 0.321 e. The minimum Gasteiger partial charge on any atom is -0.321 e. The summed E-state index contributed by atoms with van der Waals surface area (Å²) in [4.78, 5) is 12.5. The molecule has 1 unspecified atom stereocenters. The topological polar surface area (TPSA) is 75.6 Å². The maximum atomic E-state index is 13.2. The number of amides is 1. The van der Waals surface area contributed by atoms with Crippen LogP contribution in [0.25, 0.3) is 0 Å². The molecule has 2 aromatic heterocycles. The molecule has 0 spiro atoms. The molecular formula is C15H14BrF6N5O. The molecule has 13 heteroatoms. The highest BCUT2D eigenvalue weighted by atomic mass is 79.9. The third kappa shape index (κ3) is 3.76. The summed E-state index contributed by atoms with van der Waals surface area (Å²) in [5.74, 6) is -1.14. The highest BCUT2D eigenvalue weighted by molar-refractivity contribution is 9.10. The van der Waals surface area contributed by atoms with Gasteiger partial charge in [0.15, 0.2) is 11.4 Å². The number of hydrogen-bond acceptors (Lipinski definition) is 3. The van der Waals surface area contributed by atoms with Crippen LogP contribution in [-0.2, 0) is 17.1 Å². The van der Waals surface area contributed by atoms with Crippen molar-refractivity contribution in [2.45, 2.75) is 51.0 Å². The second-order valence-corrected chi connectivity index (χ2v) is 7.29. The highest BCUT2D eigenvalue weighted by Gasteiger charge is 2.43. The van der Waals surface area contributed by atoms with E-state index in [0.717, 1.165) is 4.68 Å². The molecular weight excluding hydrogens is 460 g/mol. The van der Waals surface area contributed by atoms with Crippen LogP contribution in [0.3, 0.4) is 0 Å². The van der Waals surface area contributed by atoms with Crippen LogP contribution in [0.5, 0.6) is 0 Å². The molecule has 1 saturated carbocycles. The van der Waals surface area contributed by atoms with Crippen LogP contribution in [0, 0.1) is 6.92 Å². The third-order valence-corrected chi connectivity index (χ3v) is 5.11. The quantitative estimate of drug-likeness (QED) is 0.626. The van der Waals surface area contributed by atoms with E-state index in [1.807, 2.05) is 0 Å². The minimum atomic E-state index is -4.81. The van der Waals surface area contributed by atoms with Crippen LogP contribution in [0.1, 0.15) is 54.5 Å². The summed E-state index contributed by atoms with van der Waals surface area (Å²) in [7, 11) is 0. The van der Waals surface area contributed by atoms with Crippen LogP contribution in [-0.4, -0.2) is 25.9 Å². The molecule has 1 atom stereocenters. The summed E-state index contributed by atoms with van der Waals surface area (Å²) < 4.78 is 79.3. The van der Waals surface area contributed by atoms with Gasteiger partial charge in [-0.1, -0.05) is 0 Å². The Labute approximate surface area is 162 Å². The molecule has 1 amide bonds. The first kappa shape index (κ1) is 20.7. The molecule has 3 rings (SSSR count). The molecule has 6 nitrogen and oxygen atoms in total. The highest BCUT2D eigenvalue weighted by Crippen LogP contribution is 2.48. The van der Waals surface area contributed by atoms with Crippen molar-refractivity contribution in [3.8, 4) is 0 Å². The maximum Gasteiger partial charge on any atom is 0.437 e. The SMILES string of the molecule is Cc1[nH]nc(C(F)(F)F)c1NC(=O)C(C)n1nc(C(F)(F)F)c(Br)c1C1CC1. The summed E-state index contributed by atoms with van der Waals surface area (Å²) in [6, 6.07) is -1.28. The first-order chi connectivity index (χ1) is 12.8. The van der Waals surface area contributed by atoms with Crippen molar-refractivity contribution in [1.29, 1.82) is 0 Å². The van der Waals surface area contributed by atoms with Crippen molar-refractivity contribution in [2.24, 2.45) is 0 Å². The number of aromatic amines is 1. The maximum absolute atomic E-state index is 13.2. The number of hydrogen-bond donors (Lipinski definition) is 2. The number of anilines is 1. The zero-order chi connectivity index (χ0) is 21.0. The Bertz CT molecular complexity index is 911. The van der Waals surface area contributed by atoms with Crippen molar-refractivity contribution in [3.05, 3.63) is 27.2 Å². The summed E-state index contributed by atoms with van der Waals surface area (Å²) in [5.41, 5.74) is -2.89. The summed E-state index contributed by atoms with van der Waals surface area (Å²) in [6.45, 7) is 2.55. The average molecular weight is 474 g/mol. The van der Waals surface area contributed by atoms with E-state index in [1.165, 1.54) is 13.8 Å². The molecule has 0 saturated heterocycles.